The van der Waals surface area contributed by atoms with Gasteiger partial charge < -0.3 is 9.47 Å². The fourth-order valence-corrected chi connectivity index (χ4v) is 0.908. The molecule has 0 rings (SSSR count). The summed E-state index contributed by atoms with van der Waals surface area (Å²) in [5.41, 5.74) is 0. The maximum atomic E-state index is 5.68. The second-order valence-corrected chi connectivity index (χ2v) is 3.92. The Bertz CT molecular complexity index is 113. The molecule has 2 unspecified atom stereocenters. The second kappa shape index (κ2) is 7.34. The summed E-state index contributed by atoms with van der Waals surface area (Å²) in [5, 5.41) is 0. The highest BCUT2D eigenvalue weighted by Gasteiger charge is 2.10. The normalized spacial score (nSPS) is 16.2. The first-order chi connectivity index (χ1) is 6.10. The molecule has 0 aliphatic rings. The first kappa shape index (κ1) is 12.9. The van der Waals surface area contributed by atoms with Gasteiger partial charge in [0, 0.05) is 0 Å². The van der Waals surface area contributed by atoms with Crippen LogP contribution in [0.1, 0.15) is 47.5 Å². The van der Waals surface area contributed by atoms with Gasteiger partial charge in [-0.15, -0.1) is 0 Å². The van der Waals surface area contributed by atoms with Crippen molar-refractivity contribution in [1.82, 2.24) is 0 Å². The minimum Gasteiger partial charge on any atom is -0.352 e. The van der Waals surface area contributed by atoms with Crippen molar-refractivity contribution in [3.05, 3.63) is 0 Å². The van der Waals surface area contributed by atoms with Crippen LogP contribution in [0.4, 0.5) is 0 Å². The third-order valence-electron chi connectivity index (χ3n) is 1.91. The topological polar surface area (TPSA) is 18.5 Å². The van der Waals surface area contributed by atoms with Gasteiger partial charge in [-0.05, 0) is 25.7 Å². The second-order valence-electron chi connectivity index (χ2n) is 3.92. The summed E-state index contributed by atoms with van der Waals surface area (Å²) < 4.78 is 11.3. The van der Waals surface area contributed by atoms with Gasteiger partial charge in [0.1, 0.15) is 0 Å². The molecule has 0 bridgehead atoms. The first-order valence-electron chi connectivity index (χ1n) is 5.37. The van der Waals surface area contributed by atoms with Crippen molar-refractivity contribution in [1.29, 1.82) is 0 Å². The van der Waals surface area contributed by atoms with E-state index in [0.29, 0.717) is 12.0 Å². The van der Waals surface area contributed by atoms with Crippen molar-refractivity contribution in [3.8, 4) is 0 Å². The molecule has 0 fully saturated rings. The summed E-state index contributed by atoms with van der Waals surface area (Å²) in [6.45, 7) is 11.4. The van der Waals surface area contributed by atoms with Gasteiger partial charge in [-0.25, -0.2) is 0 Å². The van der Waals surface area contributed by atoms with Gasteiger partial charge in [0.05, 0.1) is 12.7 Å². The van der Waals surface area contributed by atoms with Crippen molar-refractivity contribution in [2.75, 3.05) is 6.61 Å². The molecule has 0 spiro atoms. The van der Waals surface area contributed by atoms with Crippen LogP contribution in [-0.2, 0) is 9.47 Å². The lowest BCUT2D eigenvalue weighted by Crippen LogP contribution is -2.23. The van der Waals surface area contributed by atoms with E-state index in [4.69, 9.17) is 9.47 Å². The van der Waals surface area contributed by atoms with E-state index in [0.717, 1.165) is 19.4 Å². The molecule has 2 nitrogen and oxygen atoms in total. The van der Waals surface area contributed by atoms with Crippen molar-refractivity contribution in [3.63, 3.8) is 0 Å². The molecule has 0 aliphatic heterocycles. The number of hydrogen-bond acceptors (Lipinski definition) is 2. The van der Waals surface area contributed by atoms with Gasteiger partial charge in [0.2, 0.25) is 0 Å². The molecule has 0 aromatic carbocycles. The Morgan fingerprint density at radius 2 is 1.62 bits per heavy atom. The average Bonchev–Trinajstić information content (AvgIpc) is 2.11. The van der Waals surface area contributed by atoms with Crippen LogP contribution in [0.25, 0.3) is 0 Å². The van der Waals surface area contributed by atoms with Crippen LogP contribution >= 0.6 is 0 Å². The average molecular weight is 188 g/mol. The molecule has 13 heavy (non-hydrogen) atoms. The van der Waals surface area contributed by atoms with Crippen LogP contribution in [-0.4, -0.2) is 19.0 Å². The molecule has 0 heterocycles. The van der Waals surface area contributed by atoms with E-state index in [2.05, 4.69) is 34.6 Å². The Morgan fingerprint density at radius 3 is 2.00 bits per heavy atom. The van der Waals surface area contributed by atoms with Crippen molar-refractivity contribution in [2.24, 2.45) is 5.92 Å². The van der Waals surface area contributed by atoms with Crippen LogP contribution in [0, 0.1) is 5.92 Å². The lowest BCUT2D eigenvalue weighted by molar-refractivity contribution is -0.172. The summed E-state index contributed by atoms with van der Waals surface area (Å²) in [4.78, 5) is 0. The molecule has 80 valence electrons. The van der Waals surface area contributed by atoms with E-state index in [1.54, 1.807) is 0 Å². The van der Waals surface area contributed by atoms with Crippen LogP contribution < -0.4 is 0 Å². The van der Waals surface area contributed by atoms with Crippen LogP contribution in [0.15, 0.2) is 0 Å². The van der Waals surface area contributed by atoms with Gasteiger partial charge in [0.25, 0.3) is 0 Å². The molecular weight excluding hydrogens is 164 g/mol. The van der Waals surface area contributed by atoms with E-state index >= 15 is 0 Å². The lowest BCUT2D eigenvalue weighted by atomic mass is 10.2. The fourth-order valence-electron chi connectivity index (χ4n) is 0.908. The van der Waals surface area contributed by atoms with Crippen molar-refractivity contribution >= 4 is 0 Å². The Labute approximate surface area is 82.6 Å². The quantitative estimate of drug-likeness (QED) is 0.571. The maximum Gasteiger partial charge on any atom is 0.157 e. The van der Waals surface area contributed by atoms with E-state index < -0.39 is 0 Å². The highest BCUT2D eigenvalue weighted by molar-refractivity contribution is 4.49. The standard InChI is InChI=1S/C11H24O2/c1-6-10(5)13-11(7-2)12-8-9(3)4/h9-11H,6-8H2,1-5H3. The molecule has 0 radical (unpaired) electrons. The zero-order valence-electron chi connectivity index (χ0n) is 9.67. The monoisotopic (exact) mass is 188 g/mol. The third-order valence-corrected chi connectivity index (χ3v) is 1.91. The summed E-state index contributed by atoms with van der Waals surface area (Å²) in [7, 11) is 0. The Kier molecular flexibility index (Phi) is 7.29. The van der Waals surface area contributed by atoms with E-state index in [-0.39, 0.29) is 6.29 Å². The maximum absolute atomic E-state index is 5.68. The molecule has 0 aliphatic carbocycles. The molecule has 0 saturated heterocycles. The molecule has 0 amide bonds. The summed E-state index contributed by atoms with van der Waals surface area (Å²) in [6, 6.07) is 0. The Morgan fingerprint density at radius 1 is 1.00 bits per heavy atom. The molecule has 0 saturated carbocycles. The zero-order chi connectivity index (χ0) is 10.3. The summed E-state index contributed by atoms with van der Waals surface area (Å²) in [5.74, 6) is 0.578. The number of hydrogen-bond donors (Lipinski definition) is 0. The van der Waals surface area contributed by atoms with E-state index in [1.165, 1.54) is 0 Å². The minimum atomic E-state index is -0.0163. The highest BCUT2D eigenvalue weighted by atomic mass is 16.7. The number of ether oxygens (including phenoxy) is 2. The summed E-state index contributed by atoms with van der Waals surface area (Å²) in [6.07, 6.45) is 2.26. The predicted octanol–water partition coefficient (Wildman–Crippen LogP) is 3.21. The SMILES string of the molecule is CCC(C)OC(CC)OCC(C)C. The first-order valence-corrected chi connectivity index (χ1v) is 5.37. The molecule has 2 heteroatoms. The van der Waals surface area contributed by atoms with Gasteiger partial charge in [-0.1, -0.05) is 27.7 Å². The van der Waals surface area contributed by atoms with Crippen molar-refractivity contribution in [2.45, 2.75) is 59.9 Å². The van der Waals surface area contributed by atoms with Gasteiger partial charge in [-0.3, -0.25) is 0 Å². The highest BCUT2D eigenvalue weighted by Crippen LogP contribution is 2.08. The molecule has 2 atom stereocenters. The lowest BCUT2D eigenvalue weighted by Gasteiger charge is -2.21. The molecule has 0 N–H and O–H groups in total. The predicted molar refractivity (Wildman–Crippen MR) is 55.7 cm³/mol. The molecule has 0 aromatic heterocycles. The Balaban J connectivity index is 3.62. The molecular formula is C11H24O2. The molecule has 0 aromatic rings. The van der Waals surface area contributed by atoms with Gasteiger partial charge in [-0.2, -0.15) is 0 Å². The van der Waals surface area contributed by atoms with Crippen LogP contribution in [0.3, 0.4) is 0 Å². The zero-order valence-corrected chi connectivity index (χ0v) is 9.67. The van der Waals surface area contributed by atoms with Crippen LogP contribution in [0.2, 0.25) is 0 Å². The van der Waals surface area contributed by atoms with E-state index in [1.807, 2.05) is 0 Å². The minimum absolute atomic E-state index is 0.0163. The largest absolute Gasteiger partial charge is 0.352 e. The van der Waals surface area contributed by atoms with Crippen molar-refractivity contribution < 1.29 is 9.47 Å². The Hall–Kier alpha value is -0.0800. The number of rotatable bonds is 7. The van der Waals surface area contributed by atoms with E-state index in [9.17, 15) is 0 Å². The summed E-state index contributed by atoms with van der Waals surface area (Å²) >= 11 is 0. The third kappa shape index (κ3) is 7.03. The van der Waals surface area contributed by atoms with Gasteiger partial charge in [0.15, 0.2) is 6.29 Å². The smallest absolute Gasteiger partial charge is 0.157 e. The van der Waals surface area contributed by atoms with Gasteiger partial charge >= 0.3 is 0 Å². The van der Waals surface area contributed by atoms with Crippen LogP contribution in [0.5, 0.6) is 0 Å². The fraction of sp³-hybridized carbons (Fsp3) is 1.00.